The molecule has 1 heterocycles. The third-order valence-corrected chi connectivity index (χ3v) is 4.36. The van der Waals surface area contributed by atoms with Gasteiger partial charge in [-0.1, -0.05) is 0 Å². The summed E-state index contributed by atoms with van der Waals surface area (Å²) in [6.45, 7) is 17.0. The van der Waals surface area contributed by atoms with E-state index in [9.17, 15) is 0 Å². The Hall–Kier alpha value is -0.830. The summed E-state index contributed by atoms with van der Waals surface area (Å²) in [6, 6.07) is 1.18. The second-order valence-corrected chi connectivity index (χ2v) is 7.09. The van der Waals surface area contributed by atoms with Crippen molar-refractivity contribution in [1.82, 2.24) is 25.7 Å². The molecule has 1 aromatic heterocycles. The van der Waals surface area contributed by atoms with Crippen molar-refractivity contribution in [2.45, 2.75) is 72.9 Å². The normalized spacial score (nSPS) is 12.0. The maximum absolute atomic E-state index is 4.68. The number of aliphatic imine (C=N–C) groups is 1. The fourth-order valence-electron chi connectivity index (χ4n) is 3.01. The molecule has 1 rings (SSSR count). The summed E-state index contributed by atoms with van der Waals surface area (Å²) >= 11 is 0. The van der Waals surface area contributed by atoms with Crippen LogP contribution < -0.4 is 10.6 Å². The minimum Gasteiger partial charge on any atom is -0.357 e. The third kappa shape index (κ3) is 9.75. The first-order chi connectivity index (χ1) is 12.0. The summed E-state index contributed by atoms with van der Waals surface area (Å²) in [6.07, 6.45) is 5.08. The van der Waals surface area contributed by atoms with Crippen LogP contribution in [0, 0.1) is 6.92 Å². The number of aromatic amines is 1. The Bertz CT molecular complexity index is 490. The lowest BCUT2D eigenvalue weighted by Gasteiger charge is -2.30. The van der Waals surface area contributed by atoms with Crippen molar-refractivity contribution in [2.75, 3.05) is 26.2 Å². The molecule has 0 aliphatic heterocycles. The minimum absolute atomic E-state index is 0. The topological polar surface area (TPSA) is 68.3 Å². The monoisotopic (exact) mass is 478 g/mol. The van der Waals surface area contributed by atoms with Crippen LogP contribution in [0.15, 0.2) is 11.2 Å². The highest BCUT2D eigenvalue weighted by Crippen LogP contribution is 2.06. The highest BCUT2D eigenvalue weighted by molar-refractivity contribution is 14.0. The van der Waals surface area contributed by atoms with E-state index in [1.807, 2.05) is 6.20 Å². The summed E-state index contributed by atoms with van der Waals surface area (Å²) in [7, 11) is 0. The molecule has 0 radical (unpaired) electrons. The maximum atomic E-state index is 4.68. The molecule has 0 amide bonds. The van der Waals surface area contributed by atoms with Gasteiger partial charge in [0.2, 0.25) is 0 Å². The van der Waals surface area contributed by atoms with E-state index in [1.165, 1.54) is 5.56 Å². The first-order valence-electron chi connectivity index (χ1n) is 9.72. The van der Waals surface area contributed by atoms with Crippen molar-refractivity contribution in [3.8, 4) is 0 Å². The molecule has 0 aliphatic carbocycles. The van der Waals surface area contributed by atoms with Gasteiger partial charge in [-0.25, -0.2) is 0 Å². The molecule has 0 atom stereocenters. The zero-order valence-corrected chi connectivity index (χ0v) is 19.8. The van der Waals surface area contributed by atoms with Crippen LogP contribution in [-0.2, 0) is 6.42 Å². The number of hydrogen-bond acceptors (Lipinski definition) is 3. The molecule has 7 heteroatoms. The average Bonchev–Trinajstić information content (AvgIpc) is 2.95. The van der Waals surface area contributed by atoms with E-state index >= 15 is 0 Å². The minimum atomic E-state index is 0. The molecule has 6 nitrogen and oxygen atoms in total. The molecule has 0 bridgehead atoms. The first-order valence-corrected chi connectivity index (χ1v) is 9.72. The Kier molecular flexibility index (Phi) is 13.8. The van der Waals surface area contributed by atoms with Gasteiger partial charge in [-0.2, -0.15) is 5.10 Å². The van der Waals surface area contributed by atoms with Gasteiger partial charge < -0.3 is 10.6 Å². The van der Waals surface area contributed by atoms with Crippen LogP contribution in [0.4, 0.5) is 0 Å². The molecule has 0 fully saturated rings. The highest BCUT2D eigenvalue weighted by Gasteiger charge is 2.12. The van der Waals surface area contributed by atoms with Crippen LogP contribution in [0.2, 0.25) is 0 Å². The van der Waals surface area contributed by atoms with Gasteiger partial charge in [0, 0.05) is 44.0 Å². The summed E-state index contributed by atoms with van der Waals surface area (Å²) in [5.41, 5.74) is 2.45. The van der Waals surface area contributed by atoms with Crippen molar-refractivity contribution in [3.63, 3.8) is 0 Å². The Balaban J connectivity index is 0.00000625. The number of H-pyrrole nitrogens is 1. The van der Waals surface area contributed by atoms with E-state index < -0.39 is 0 Å². The number of nitrogens with zero attached hydrogens (tertiary/aromatic N) is 3. The molecule has 3 N–H and O–H groups in total. The average molecular weight is 478 g/mol. The Morgan fingerprint density at radius 2 is 1.88 bits per heavy atom. The highest BCUT2D eigenvalue weighted by atomic mass is 127. The van der Waals surface area contributed by atoms with Crippen LogP contribution in [0.25, 0.3) is 0 Å². The van der Waals surface area contributed by atoms with Crippen LogP contribution in [0.5, 0.6) is 0 Å². The van der Waals surface area contributed by atoms with E-state index in [4.69, 9.17) is 0 Å². The zero-order valence-electron chi connectivity index (χ0n) is 17.4. The van der Waals surface area contributed by atoms with Crippen molar-refractivity contribution in [3.05, 3.63) is 17.5 Å². The lowest BCUT2D eigenvalue weighted by molar-refractivity contribution is 0.173. The van der Waals surface area contributed by atoms with Gasteiger partial charge in [-0.3, -0.25) is 15.0 Å². The standard InChI is InChI=1S/C19H38N6.HI/c1-7-20-19(21-11-8-10-18-14-23-24-17(18)6)22-12-9-13-25(15(2)3)16(4)5;/h14-16H,7-13H2,1-6H3,(H,23,24)(H2,20,21,22);1H. The van der Waals surface area contributed by atoms with E-state index in [0.29, 0.717) is 12.1 Å². The number of halogens is 1. The van der Waals surface area contributed by atoms with Gasteiger partial charge in [-0.15, -0.1) is 24.0 Å². The second kappa shape index (κ2) is 14.3. The summed E-state index contributed by atoms with van der Waals surface area (Å²) in [5.74, 6) is 0.923. The largest absolute Gasteiger partial charge is 0.357 e. The SMILES string of the molecule is CCNC(=NCCCc1cn[nH]c1C)NCCCN(C(C)C)C(C)C.I. The third-order valence-electron chi connectivity index (χ3n) is 4.36. The number of nitrogens with one attached hydrogen (secondary N) is 3. The molecule has 152 valence electrons. The van der Waals surface area contributed by atoms with Crippen LogP contribution in [-0.4, -0.2) is 59.3 Å². The van der Waals surface area contributed by atoms with Gasteiger partial charge in [0.25, 0.3) is 0 Å². The van der Waals surface area contributed by atoms with E-state index in [2.05, 4.69) is 72.3 Å². The van der Waals surface area contributed by atoms with E-state index in [1.54, 1.807) is 0 Å². The lowest BCUT2D eigenvalue weighted by atomic mass is 10.1. The van der Waals surface area contributed by atoms with Crippen molar-refractivity contribution in [1.29, 1.82) is 0 Å². The molecule has 0 saturated heterocycles. The predicted octanol–water partition coefficient (Wildman–Crippen LogP) is 3.33. The molecule has 26 heavy (non-hydrogen) atoms. The summed E-state index contributed by atoms with van der Waals surface area (Å²) < 4.78 is 0. The van der Waals surface area contributed by atoms with Gasteiger partial charge in [0.1, 0.15) is 0 Å². The van der Waals surface area contributed by atoms with Gasteiger partial charge in [0.05, 0.1) is 6.20 Å². The van der Waals surface area contributed by atoms with Crippen LogP contribution in [0.3, 0.4) is 0 Å². The second-order valence-electron chi connectivity index (χ2n) is 7.09. The molecule has 0 spiro atoms. The number of rotatable bonds is 11. The summed E-state index contributed by atoms with van der Waals surface area (Å²) in [4.78, 5) is 7.21. The number of hydrogen-bond donors (Lipinski definition) is 3. The molecular weight excluding hydrogens is 439 g/mol. The van der Waals surface area contributed by atoms with Crippen LogP contribution >= 0.6 is 24.0 Å². The Morgan fingerprint density at radius 3 is 2.42 bits per heavy atom. The van der Waals surface area contributed by atoms with E-state index in [0.717, 1.165) is 57.1 Å². The number of aryl methyl sites for hydroxylation is 2. The first kappa shape index (κ1) is 25.2. The van der Waals surface area contributed by atoms with Gasteiger partial charge in [0.15, 0.2) is 5.96 Å². The zero-order chi connectivity index (χ0) is 18.7. The molecule has 0 saturated carbocycles. The smallest absolute Gasteiger partial charge is 0.191 e. The van der Waals surface area contributed by atoms with Gasteiger partial charge >= 0.3 is 0 Å². The number of aromatic nitrogens is 2. The Morgan fingerprint density at radius 1 is 1.19 bits per heavy atom. The fourth-order valence-corrected chi connectivity index (χ4v) is 3.01. The molecule has 0 aromatic carbocycles. The molecular formula is C19H39IN6. The van der Waals surface area contributed by atoms with Crippen molar-refractivity contribution >= 4 is 29.9 Å². The van der Waals surface area contributed by atoms with Crippen molar-refractivity contribution < 1.29 is 0 Å². The molecule has 0 aliphatic rings. The quantitative estimate of drug-likeness (QED) is 0.198. The lowest BCUT2D eigenvalue weighted by Crippen LogP contribution is -2.41. The van der Waals surface area contributed by atoms with Crippen molar-refractivity contribution in [2.24, 2.45) is 4.99 Å². The fraction of sp³-hybridized carbons (Fsp3) is 0.789. The van der Waals surface area contributed by atoms with Gasteiger partial charge in [-0.05, 0) is 66.4 Å². The Labute approximate surface area is 177 Å². The number of guanidine groups is 1. The molecule has 0 unspecified atom stereocenters. The maximum Gasteiger partial charge on any atom is 0.191 e. The van der Waals surface area contributed by atoms with Crippen LogP contribution in [0.1, 0.15) is 58.7 Å². The van der Waals surface area contributed by atoms with E-state index in [-0.39, 0.29) is 24.0 Å². The summed E-state index contributed by atoms with van der Waals surface area (Å²) in [5, 5.41) is 13.8. The molecule has 1 aromatic rings. The predicted molar refractivity (Wildman–Crippen MR) is 123 cm³/mol.